The van der Waals surface area contributed by atoms with Gasteiger partial charge in [-0.1, -0.05) is 0 Å². The highest BCUT2D eigenvalue weighted by Crippen LogP contribution is 2.32. The van der Waals surface area contributed by atoms with Crippen LogP contribution in [0.25, 0.3) is 5.82 Å². The van der Waals surface area contributed by atoms with Crippen molar-refractivity contribution in [1.29, 1.82) is 0 Å². The Bertz CT molecular complexity index is 681. The Morgan fingerprint density at radius 2 is 1.65 bits per heavy atom. The molecule has 0 atom stereocenters. The van der Waals surface area contributed by atoms with Crippen molar-refractivity contribution in [1.82, 2.24) is 20.0 Å². The number of hydrogen-bond acceptors (Lipinski definition) is 6. The number of nitrogens with zero attached hydrogens (tertiary/aromatic N) is 5. The number of ether oxygens (including phenoxy) is 2. The maximum Gasteiger partial charge on any atom is 0.176 e. The molecule has 4 heterocycles. The van der Waals surface area contributed by atoms with Gasteiger partial charge in [0.1, 0.15) is 0 Å². The molecule has 2 saturated heterocycles. The fourth-order valence-corrected chi connectivity index (χ4v) is 3.32. The average molecular weight is 315 g/mol. The van der Waals surface area contributed by atoms with E-state index in [-0.39, 0.29) is 5.79 Å². The second-order valence-electron chi connectivity index (χ2n) is 6.18. The van der Waals surface area contributed by atoms with E-state index in [0.717, 1.165) is 49.0 Å². The van der Waals surface area contributed by atoms with E-state index < -0.39 is 0 Å². The van der Waals surface area contributed by atoms with Gasteiger partial charge in [0, 0.05) is 31.6 Å². The molecule has 0 bridgehead atoms. The molecular weight excluding hydrogens is 294 g/mol. The van der Waals surface area contributed by atoms with E-state index in [9.17, 15) is 0 Å². The van der Waals surface area contributed by atoms with Crippen LogP contribution in [0.1, 0.15) is 24.2 Å². The van der Waals surface area contributed by atoms with Crippen molar-refractivity contribution >= 4 is 5.82 Å². The maximum absolute atomic E-state index is 5.76. The summed E-state index contributed by atoms with van der Waals surface area (Å²) in [6.07, 6.45) is 1.74. The normalized spacial score (nSPS) is 20.3. The molecule has 23 heavy (non-hydrogen) atoms. The van der Waals surface area contributed by atoms with Crippen LogP contribution in [-0.4, -0.2) is 52.1 Å². The summed E-state index contributed by atoms with van der Waals surface area (Å²) in [5.74, 6) is 1.28. The number of hydrogen-bond donors (Lipinski definition) is 0. The minimum atomic E-state index is -0.354. The second kappa shape index (κ2) is 5.58. The molecule has 2 fully saturated rings. The summed E-state index contributed by atoms with van der Waals surface area (Å²) in [6.45, 7) is 7.14. The van der Waals surface area contributed by atoms with Crippen LogP contribution in [0, 0.1) is 13.8 Å². The fraction of sp³-hybridized carbons (Fsp3) is 0.562. The Balaban J connectivity index is 1.47. The highest BCUT2D eigenvalue weighted by molar-refractivity contribution is 5.40. The molecule has 0 aliphatic carbocycles. The van der Waals surface area contributed by atoms with Gasteiger partial charge in [-0.2, -0.15) is 5.10 Å². The maximum atomic E-state index is 5.76. The molecule has 7 nitrogen and oxygen atoms in total. The van der Waals surface area contributed by atoms with Gasteiger partial charge in [0.2, 0.25) is 0 Å². The van der Waals surface area contributed by atoms with Crippen molar-refractivity contribution in [3.63, 3.8) is 0 Å². The van der Waals surface area contributed by atoms with E-state index >= 15 is 0 Å². The summed E-state index contributed by atoms with van der Waals surface area (Å²) in [6, 6.07) is 6.00. The Kier molecular flexibility index (Phi) is 3.54. The highest BCUT2D eigenvalue weighted by atomic mass is 16.7. The van der Waals surface area contributed by atoms with E-state index in [1.807, 2.05) is 36.7 Å². The molecule has 0 radical (unpaired) electrons. The van der Waals surface area contributed by atoms with Gasteiger partial charge in [-0.3, -0.25) is 0 Å². The molecule has 122 valence electrons. The summed E-state index contributed by atoms with van der Waals surface area (Å²) < 4.78 is 13.3. The van der Waals surface area contributed by atoms with Crippen LogP contribution in [0.3, 0.4) is 0 Å². The van der Waals surface area contributed by atoms with Crippen LogP contribution in [-0.2, 0) is 9.47 Å². The lowest BCUT2D eigenvalue weighted by atomic mass is 10.0. The standard InChI is InChI=1S/C16H21N5O2/c1-12-11-13(2)21(19-12)15-4-3-14(17-18-15)20-7-5-16(6-8-20)22-9-10-23-16/h3-4,11H,5-10H2,1-2H3. The number of anilines is 1. The molecule has 0 amide bonds. The lowest BCUT2D eigenvalue weighted by Crippen LogP contribution is -2.45. The molecule has 7 heteroatoms. The Morgan fingerprint density at radius 3 is 2.22 bits per heavy atom. The Hall–Kier alpha value is -1.99. The zero-order valence-electron chi connectivity index (χ0n) is 13.5. The van der Waals surface area contributed by atoms with Crippen LogP contribution in [0.2, 0.25) is 0 Å². The monoisotopic (exact) mass is 315 g/mol. The van der Waals surface area contributed by atoms with Crippen LogP contribution in [0.5, 0.6) is 0 Å². The first-order chi connectivity index (χ1) is 11.2. The largest absolute Gasteiger partial charge is 0.355 e. The van der Waals surface area contributed by atoms with Gasteiger partial charge in [0.15, 0.2) is 17.4 Å². The van der Waals surface area contributed by atoms with Crippen molar-refractivity contribution < 1.29 is 9.47 Å². The molecule has 1 spiro atoms. The third-order valence-corrected chi connectivity index (χ3v) is 4.53. The van der Waals surface area contributed by atoms with Crippen LogP contribution in [0.4, 0.5) is 5.82 Å². The van der Waals surface area contributed by atoms with Gasteiger partial charge < -0.3 is 14.4 Å². The van der Waals surface area contributed by atoms with Crippen molar-refractivity contribution in [3.8, 4) is 5.82 Å². The lowest BCUT2D eigenvalue weighted by Gasteiger charge is -2.37. The summed E-state index contributed by atoms with van der Waals surface area (Å²) in [7, 11) is 0. The summed E-state index contributed by atoms with van der Waals surface area (Å²) >= 11 is 0. The van der Waals surface area contributed by atoms with E-state index in [0.29, 0.717) is 13.2 Å². The molecule has 2 aromatic heterocycles. The summed E-state index contributed by atoms with van der Waals surface area (Å²) in [4.78, 5) is 2.23. The molecule has 0 saturated carbocycles. The van der Waals surface area contributed by atoms with Gasteiger partial charge in [0.25, 0.3) is 0 Å². The fourth-order valence-electron chi connectivity index (χ4n) is 3.32. The number of aryl methyl sites for hydroxylation is 2. The molecule has 4 rings (SSSR count). The zero-order chi connectivity index (χ0) is 15.9. The van der Waals surface area contributed by atoms with Crippen LogP contribution in [0.15, 0.2) is 18.2 Å². The molecule has 2 aromatic rings. The molecule has 2 aliphatic rings. The van der Waals surface area contributed by atoms with E-state index in [4.69, 9.17) is 9.47 Å². The van der Waals surface area contributed by atoms with Gasteiger partial charge >= 0.3 is 0 Å². The van der Waals surface area contributed by atoms with Crippen LogP contribution >= 0.6 is 0 Å². The van der Waals surface area contributed by atoms with Gasteiger partial charge in [-0.15, -0.1) is 10.2 Å². The van der Waals surface area contributed by atoms with Gasteiger partial charge in [0.05, 0.1) is 18.9 Å². The molecule has 0 N–H and O–H groups in total. The molecule has 2 aliphatic heterocycles. The second-order valence-corrected chi connectivity index (χ2v) is 6.18. The molecule has 0 aromatic carbocycles. The predicted octanol–water partition coefficient (Wildman–Crippen LogP) is 1.62. The third kappa shape index (κ3) is 2.70. The first-order valence-corrected chi connectivity index (χ1v) is 8.05. The first-order valence-electron chi connectivity index (χ1n) is 8.05. The summed E-state index contributed by atoms with van der Waals surface area (Å²) in [5, 5.41) is 13.1. The van der Waals surface area contributed by atoms with Gasteiger partial charge in [-0.05, 0) is 32.0 Å². The lowest BCUT2D eigenvalue weighted by molar-refractivity contribution is -0.169. The smallest absolute Gasteiger partial charge is 0.176 e. The van der Waals surface area contributed by atoms with Crippen molar-refractivity contribution in [2.75, 3.05) is 31.2 Å². The minimum Gasteiger partial charge on any atom is -0.355 e. The molecular formula is C16H21N5O2. The average Bonchev–Trinajstić information content (AvgIpc) is 3.15. The van der Waals surface area contributed by atoms with Crippen molar-refractivity contribution in [2.45, 2.75) is 32.5 Å². The molecule has 0 unspecified atom stereocenters. The number of rotatable bonds is 2. The SMILES string of the molecule is Cc1cc(C)n(-c2ccc(N3CCC4(CC3)OCCO4)nn2)n1. The Labute approximate surface area is 135 Å². The number of piperidine rings is 1. The van der Waals surface area contributed by atoms with Gasteiger partial charge in [-0.25, -0.2) is 4.68 Å². The quantitative estimate of drug-likeness (QED) is 0.839. The van der Waals surface area contributed by atoms with Crippen molar-refractivity contribution in [2.24, 2.45) is 0 Å². The number of aromatic nitrogens is 4. The van der Waals surface area contributed by atoms with E-state index in [2.05, 4.69) is 20.2 Å². The van der Waals surface area contributed by atoms with E-state index in [1.54, 1.807) is 0 Å². The third-order valence-electron chi connectivity index (χ3n) is 4.53. The Morgan fingerprint density at radius 1 is 1.00 bits per heavy atom. The highest BCUT2D eigenvalue weighted by Gasteiger charge is 2.40. The minimum absolute atomic E-state index is 0.354. The summed E-state index contributed by atoms with van der Waals surface area (Å²) in [5.41, 5.74) is 2.03. The predicted molar refractivity (Wildman–Crippen MR) is 84.7 cm³/mol. The van der Waals surface area contributed by atoms with Crippen molar-refractivity contribution in [3.05, 3.63) is 29.6 Å². The first kappa shape index (κ1) is 14.6. The topological polar surface area (TPSA) is 65.3 Å². The zero-order valence-corrected chi connectivity index (χ0v) is 13.5. The van der Waals surface area contributed by atoms with E-state index in [1.165, 1.54) is 0 Å². The van der Waals surface area contributed by atoms with Crippen LogP contribution < -0.4 is 4.90 Å².